The first-order valence-electron chi connectivity index (χ1n) is 16.6. The number of halogens is 7. The van der Waals surface area contributed by atoms with Crippen molar-refractivity contribution >= 4 is 52.7 Å². The zero-order valence-electron chi connectivity index (χ0n) is 28.1. The van der Waals surface area contributed by atoms with Gasteiger partial charge in [-0.1, -0.05) is 90.6 Å². The van der Waals surface area contributed by atoms with Crippen molar-refractivity contribution in [2.75, 3.05) is 17.6 Å². The van der Waals surface area contributed by atoms with E-state index >= 15 is 0 Å². The number of carbonyl (C=O) groups excluding carboxylic acids is 2. The average Bonchev–Trinajstić information content (AvgIpc) is 3.68. The molecular weight excluding hydrogens is 750 g/mol. The molecule has 0 fully saturated rings. The van der Waals surface area contributed by atoms with Crippen molar-refractivity contribution in [3.8, 4) is 22.3 Å². The summed E-state index contributed by atoms with van der Waals surface area (Å²) in [7, 11) is 0. The number of hydrogen-bond donors (Lipinski definition) is 3. The Hall–Kier alpha value is -5.27. The molecule has 0 aliphatic heterocycles. The van der Waals surface area contributed by atoms with Gasteiger partial charge in [0.15, 0.2) is 5.16 Å². The second-order valence-corrected chi connectivity index (χ2v) is 13.7. The second kappa shape index (κ2) is 15.2. The minimum atomic E-state index is -4.56. The van der Waals surface area contributed by atoms with Gasteiger partial charge in [-0.05, 0) is 82.6 Å². The number of carbonyl (C=O) groups is 2. The van der Waals surface area contributed by atoms with Gasteiger partial charge in [-0.3, -0.25) is 9.59 Å². The molecule has 0 atom stereocenters. The molecule has 278 valence electrons. The lowest BCUT2D eigenvalue weighted by Crippen LogP contribution is -2.47. The Balaban J connectivity index is 0.00000497. The monoisotopic (exact) mass is 780 g/mol. The van der Waals surface area contributed by atoms with E-state index in [0.29, 0.717) is 56.3 Å². The van der Waals surface area contributed by atoms with E-state index in [1.165, 1.54) is 23.9 Å². The number of hydrogen-bond acceptors (Lipinski definition) is 4. The Bertz CT molecular complexity index is 2280. The molecule has 0 radical (unpaired) electrons. The van der Waals surface area contributed by atoms with Crippen molar-refractivity contribution in [1.29, 1.82) is 0 Å². The number of rotatable bonds is 10. The molecule has 5 aromatic carbocycles. The van der Waals surface area contributed by atoms with E-state index < -0.39 is 41.7 Å². The van der Waals surface area contributed by atoms with Crippen LogP contribution >= 0.6 is 24.2 Å². The van der Waals surface area contributed by atoms with Crippen LogP contribution in [0.3, 0.4) is 0 Å². The smallest absolute Gasteiger partial charge is 0.346 e. The van der Waals surface area contributed by atoms with Crippen LogP contribution in [-0.4, -0.2) is 40.3 Å². The van der Waals surface area contributed by atoms with Crippen LogP contribution < -0.4 is 10.6 Å². The Morgan fingerprint density at radius 2 is 1.37 bits per heavy atom. The number of amides is 2. The molecule has 0 bridgehead atoms. The number of fused-ring (bicyclic) bond motifs is 4. The molecule has 0 saturated carbocycles. The van der Waals surface area contributed by atoms with E-state index in [1.807, 2.05) is 24.3 Å². The molecule has 54 heavy (non-hydrogen) atoms. The highest BCUT2D eigenvalue weighted by atomic mass is 35.5. The van der Waals surface area contributed by atoms with Crippen LogP contribution in [0.15, 0.2) is 120 Å². The Morgan fingerprint density at radius 1 is 0.759 bits per heavy atom. The summed E-state index contributed by atoms with van der Waals surface area (Å²) in [5, 5.41) is 5.59. The topological polar surface area (TPSA) is 86.9 Å². The Labute approximate surface area is 316 Å². The van der Waals surface area contributed by atoms with Crippen molar-refractivity contribution in [2.24, 2.45) is 0 Å². The molecule has 6 aromatic rings. The van der Waals surface area contributed by atoms with Gasteiger partial charge in [-0.25, -0.2) is 4.98 Å². The van der Waals surface area contributed by atoms with Gasteiger partial charge in [-0.15, -0.1) is 12.4 Å². The lowest BCUT2D eigenvalue weighted by molar-refractivity contribution is -0.141. The normalized spacial score (nSPS) is 13.1. The van der Waals surface area contributed by atoms with Crippen LogP contribution in [0, 0.1) is 0 Å². The van der Waals surface area contributed by atoms with Crippen molar-refractivity contribution in [3.63, 3.8) is 0 Å². The average molecular weight is 781 g/mol. The number of nitrogens with one attached hydrogen (secondary N) is 3. The zero-order chi connectivity index (χ0) is 37.4. The fourth-order valence-electron chi connectivity index (χ4n) is 6.89. The molecule has 1 aliphatic carbocycles. The molecular formula is C40H31ClF6N4O2S. The molecule has 0 unspecified atom stereocenters. The quantitative estimate of drug-likeness (QED) is 0.0734. The molecule has 1 aromatic heterocycles. The van der Waals surface area contributed by atoms with Crippen molar-refractivity contribution < 1.29 is 35.9 Å². The van der Waals surface area contributed by atoms with Gasteiger partial charge < -0.3 is 15.6 Å². The maximum absolute atomic E-state index is 13.8. The van der Waals surface area contributed by atoms with Gasteiger partial charge in [0.1, 0.15) is 12.0 Å². The molecule has 1 heterocycles. The van der Waals surface area contributed by atoms with E-state index in [1.54, 1.807) is 66.7 Å². The minimum absolute atomic E-state index is 0. The minimum Gasteiger partial charge on any atom is -0.346 e. The van der Waals surface area contributed by atoms with E-state index in [0.717, 1.165) is 23.3 Å². The summed E-state index contributed by atoms with van der Waals surface area (Å²) in [5.41, 5.74) is 3.87. The van der Waals surface area contributed by atoms with E-state index in [-0.39, 0.29) is 24.4 Å². The van der Waals surface area contributed by atoms with Gasteiger partial charge >= 0.3 is 12.4 Å². The van der Waals surface area contributed by atoms with E-state index in [4.69, 9.17) is 0 Å². The summed E-state index contributed by atoms with van der Waals surface area (Å²) in [6.45, 7) is -1.43. The summed E-state index contributed by atoms with van der Waals surface area (Å²) < 4.78 is 78.9. The van der Waals surface area contributed by atoms with Crippen molar-refractivity contribution in [1.82, 2.24) is 15.3 Å². The highest BCUT2D eigenvalue weighted by Gasteiger charge is 2.49. The number of aromatic nitrogens is 2. The summed E-state index contributed by atoms with van der Waals surface area (Å²) in [6, 6.07) is 31.0. The van der Waals surface area contributed by atoms with Crippen LogP contribution in [0.4, 0.5) is 32.0 Å². The number of thioether (sulfide) groups is 1. The van der Waals surface area contributed by atoms with Gasteiger partial charge in [0.2, 0.25) is 5.91 Å². The lowest BCUT2D eigenvalue weighted by Gasteiger charge is -2.31. The molecule has 14 heteroatoms. The molecule has 3 N–H and O–H groups in total. The first-order chi connectivity index (χ1) is 25.3. The van der Waals surface area contributed by atoms with Gasteiger partial charge in [0, 0.05) is 17.0 Å². The number of benzene rings is 5. The maximum Gasteiger partial charge on any atom is 0.416 e. The lowest BCUT2D eigenvalue weighted by atomic mass is 9.73. The van der Waals surface area contributed by atoms with Crippen LogP contribution in [0.5, 0.6) is 0 Å². The third kappa shape index (κ3) is 7.69. The number of imidazole rings is 1. The predicted octanol–water partition coefficient (Wildman–Crippen LogP) is 10.4. The predicted molar refractivity (Wildman–Crippen MR) is 200 cm³/mol. The molecule has 6 nitrogen and oxygen atoms in total. The van der Waals surface area contributed by atoms with Crippen LogP contribution in [-0.2, 0) is 16.4 Å². The summed E-state index contributed by atoms with van der Waals surface area (Å²) >= 11 is 1.40. The maximum atomic E-state index is 13.8. The third-order valence-electron chi connectivity index (χ3n) is 9.25. The highest BCUT2D eigenvalue weighted by molar-refractivity contribution is 7.99. The SMILES string of the molecule is Cl.O=C(Nc1ccc2nc(SCCCC3(C(=O)NCC(F)(F)F)c4ccccc4-c4ccccc43)[nH]c2c1)c1ccccc1-c1ccc(C(F)(F)F)cc1. The van der Waals surface area contributed by atoms with Crippen LogP contribution in [0.25, 0.3) is 33.3 Å². The molecule has 7 rings (SSSR count). The number of anilines is 1. The summed E-state index contributed by atoms with van der Waals surface area (Å²) in [5.74, 6) is -0.641. The zero-order valence-corrected chi connectivity index (χ0v) is 29.8. The molecule has 0 spiro atoms. The second-order valence-electron chi connectivity index (χ2n) is 12.6. The van der Waals surface area contributed by atoms with Gasteiger partial charge in [0.25, 0.3) is 5.91 Å². The Kier molecular flexibility index (Phi) is 10.8. The van der Waals surface area contributed by atoms with Gasteiger partial charge in [0.05, 0.1) is 16.6 Å². The van der Waals surface area contributed by atoms with Crippen LogP contribution in [0.2, 0.25) is 0 Å². The third-order valence-corrected chi connectivity index (χ3v) is 10.2. The number of H-pyrrole nitrogens is 1. The molecule has 0 saturated heterocycles. The van der Waals surface area contributed by atoms with E-state index in [9.17, 15) is 35.9 Å². The van der Waals surface area contributed by atoms with Crippen LogP contribution in [0.1, 0.15) is 39.9 Å². The van der Waals surface area contributed by atoms with E-state index in [2.05, 4.69) is 20.6 Å². The molecule has 1 aliphatic rings. The van der Waals surface area contributed by atoms with Crippen molar-refractivity contribution in [3.05, 3.63) is 138 Å². The summed E-state index contributed by atoms with van der Waals surface area (Å²) in [4.78, 5) is 35.0. The number of nitrogens with zero attached hydrogens (tertiary/aromatic N) is 1. The standard InChI is InChI=1S/C40H30F6N4O2S.ClH/c41-39(42,43)23-47-36(52)38(31-12-5-3-9-28(31)29-10-4-6-13-32(29)38)20-7-21-53-37-49-33-19-18-26(22-34(33)50-37)48-35(51)30-11-2-1-8-27(30)24-14-16-25(17-15-24)40(44,45)46;/h1-6,8-19,22H,7,20-21,23H2,(H,47,52)(H,48,51)(H,49,50);1H. The molecule has 2 amide bonds. The summed E-state index contributed by atoms with van der Waals surface area (Å²) in [6.07, 6.45) is -8.29. The fourth-order valence-corrected chi connectivity index (χ4v) is 7.72. The fraction of sp³-hybridized carbons (Fsp3) is 0.175. The highest BCUT2D eigenvalue weighted by Crippen LogP contribution is 2.51. The van der Waals surface area contributed by atoms with Gasteiger partial charge in [-0.2, -0.15) is 26.3 Å². The van der Waals surface area contributed by atoms with Crippen molar-refractivity contribution in [2.45, 2.75) is 35.8 Å². The largest absolute Gasteiger partial charge is 0.416 e. The first-order valence-corrected chi connectivity index (χ1v) is 17.6. The number of aromatic amines is 1. The first kappa shape index (κ1) is 38.5. The number of alkyl halides is 6. The Morgan fingerprint density at radius 3 is 2.00 bits per heavy atom.